The maximum Gasteiger partial charge on any atom is 0.332 e. The van der Waals surface area contributed by atoms with Crippen molar-refractivity contribution in [2.75, 3.05) is 0 Å². The van der Waals surface area contributed by atoms with Gasteiger partial charge >= 0.3 is 29.8 Å². The topological polar surface area (TPSA) is 175 Å². The molecule has 33 heavy (non-hydrogen) atoms. The van der Waals surface area contributed by atoms with Crippen LogP contribution in [0.5, 0.6) is 0 Å². The minimum absolute atomic E-state index is 0.166. The summed E-state index contributed by atoms with van der Waals surface area (Å²) >= 11 is 0. The van der Waals surface area contributed by atoms with E-state index >= 15 is 0 Å². The first-order chi connectivity index (χ1) is 15.5. The molecule has 1 aliphatic carbocycles. The van der Waals surface area contributed by atoms with Gasteiger partial charge in [0.1, 0.15) is 6.10 Å². The molecule has 0 aliphatic heterocycles. The molecule has 0 radical (unpaired) electrons. The molecule has 0 spiro atoms. The van der Waals surface area contributed by atoms with Crippen molar-refractivity contribution in [2.45, 2.75) is 78.2 Å². The second-order valence-corrected chi connectivity index (χ2v) is 8.15. The summed E-state index contributed by atoms with van der Waals surface area (Å²) in [5.74, 6) is -9.18. The number of aliphatic carboxylic acids is 4. The maximum absolute atomic E-state index is 12.3. The van der Waals surface area contributed by atoms with Crippen LogP contribution >= 0.6 is 0 Å². The number of carboxylic acids is 4. The Morgan fingerprint density at radius 3 is 1.76 bits per heavy atom. The number of carboxylic acid groups (broad SMARTS) is 4. The van der Waals surface area contributed by atoms with Gasteiger partial charge in [-0.2, -0.15) is 0 Å². The average molecular weight is 468 g/mol. The van der Waals surface area contributed by atoms with E-state index in [2.05, 4.69) is 0 Å². The molecule has 0 fully saturated rings. The van der Waals surface area contributed by atoms with Crippen LogP contribution in [0.25, 0.3) is 0 Å². The van der Waals surface area contributed by atoms with Crippen molar-refractivity contribution in [3.8, 4) is 0 Å². The first kappa shape index (κ1) is 27.9. The first-order valence-electron chi connectivity index (χ1n) is 11.0. The fourth-order valence-corrected chi connectivity index (χ4v) is 4.33. The van der Waals surface area contributed by atoms with Crippen molar-refractivity contribution in [2.24, 2.45) is 11.8 Å². The zero-order chi connectivity index (χ0) is 25.3. The molecule has 10 heteroatoms. The third-order valence-corrected chi connectivity index (χ3v) is 5.80. The van der Waals surface area contributed by atoms with Gasteiger partial charge in [-0.25, -0.2) is 19.2 Å². The molecule has 0 aromatic carbocycles. The van der Waals surface area contributed by atoms with E-state index in [0.29, 0.717) is 25.7 Å². The van der Waals surface area contributed by atoms with E-state index in [-0.39, 0.29) is 12.8 Å². The third kappa shape index (κ3) is 7.44. The summed E-state index contributed by atoms with van der Waals surface area (Å²) < 4.78 is 5.32. The van der Waals surface area contributed by atoms with Gasteiger partial charge in [0.25, 0.3) is 0 Å². The van der Waals surface area contributed by atoms with E-state index < -0.39 is 82.9 Å². The van der Waals surface area contributed by atoms with Crippen molar-refractivity contribution in [3.05, 3.63) is 22.3 Å². The fourth-order valence-electron chi connectivity index (χ4n) is 4.33. The van der Waals surface area contributed by atoms with Crippen LogP contribution in [-0.4, -0.2) is 56.4 Å². The molecule has 1 aliphatic rings. The fraction of sp³-hybridized carbons (Fsp3) is 0.609. The number of esters is 1. The highest BCUT2D eigenvalue weighted by Gasteiger charge is 2.42. The molecule has 0 aromatic rings. The predicted octanol–water partition coefficient (Wildman–Crippen LogP) is 3.26. The van der Waals surface area contributed by atoms with Crippen LogP contribution in [0.1, 0.15) is 72.1 Å². The van der Waals surface area contributed by atoms with E-state index in [0.717, 1.165) is 6.92 Å². The summed E-state index contributed by atoms with van der Waals surface area (Å²) in [5.41, 5.74) is -1.97. The Morgan fingerprint density at radius 2 is 1.33 bits per heavy atom. The molecule has 4 N–H and O–H groups in total. The van der Waals surface area contributed by atoms with Crippen molar-refractivity contribution >= 4 is 29.8 Å². The van der Waals surface area contributed by atoms with Gasteiger partial charge in [0, 0.05) is 24.0 Å². The van der Waals surface area contributed by atoms with E-state index in [1.165, 1.54) is 0 Å². The molecule has 1 rings (SSSR count). The minimum atomic E-state index is -1.57. The lowest BCUT2D eigenvalue weighted by atomic mass is 9.73. The van der Waals surface area contributed by atoms with E-state index in [4.69, 9.17) is 4.74 Å². The molecule has 3 unspecified atom stereocenters. The SMILES string of the molecule is CCCCC1CC(C(=O)O)=C(C(=O)O)C(C(CCCC)OC(C)=O)CC(C(=O)O)=C1C(=O)O. The molecular formula is C23H32O10. The molecule has 0 saturated heterocycles. The number of hydrogen-bond donors (Lipinski definition) is 4. The highest BCUT2D eigenvalue weighted by Crippen LogP contribution is 2.40. The molecule has 0 saturated carbocycles. The number of carbonyl (C=O) groups is 5. The predicted molar refractivity (Wildman–Crippen MR) is 115 cm³/mol. The van der Waals surface area contributed by atoms with Gasteiger partial charge in [0.2, 0.25) is 0 Å². The van der Waals surface area contributed by atoms with Crippen molar-refractivity contribution in [3.63, 3.8) is 0 Å². The normalized spacial score (nSPS) is 20.0. The van der Waals surface area contributed by atoms with E-state index in [9.17, 15) is 44.4 Å². The van der Waals surface area contributed by atoms with Gasteiger partial charge in [0.15, 0.2) is 0 Å². The Bertz CT molecular complexity index is 851. The van der Waals surface area contributed by atoms with Gasteiger partial charge in [-0.15, -0.1) is 0 Å². The highest BCUT2D eigenvalue weighted by atomic mass is 16.5. The Kier molecular flexibility index (Phi) is 10.8. The van der Waals surface area contributed by atoms with Crippen molar-refractivity contribution < 1.29 is 49.1 Å². The molecule has 0 bridgehead atoms. The third-order valence-electron chi connectivity index (χ3n) is 5.80. The van der Waals surface area contributed by atoms with E-state index in [1.54, 1.807) is 0 Å². The summed E-state index contributed by atoms with van der Waals surface area (Å²) in [6.07, 6.45) is 0.499. The van der Waals surface area contributed by atoms with Crippen LogP contribution in [0, 0.1) is 11.8 Å². The Hall–Kier alpha value is -3.17. The lowest BCUT2D eigenvalue weighted by Gasteiger charge is -2.32. The molecular weight excluding hydrogens is 436 g/mol. The van der Waals surface area contributed by atoms with Gasteiger partial charge in [-0.3, -0.25) is 4.79 Å². The van der Waals surface area contributed by atoms with Crippen LogP contribution in [0.15, 0.2) is 22.3 Å². The lowest BCUT2D eigenvalue weighted by molar-refractivity contribution is -0.150. The second-order valence-electron chi connectivity index (χ2n) is 8.15. The van der Waals surface area contributed by atoms with Crippen molar-refractivity contribution in [1.82, 2.24) is 0 Å². The smallest absolute Gasteiger partial charge is 0.332 e. The highest BCUT2D eigenvalue weighted by molar-refractivity contribution is 6.02. The molecule has 10 nitrogen and oxygen atoms in total. The lowest BCUT2D eigenvalue weighted by Crippen LogP contribution is -2.36. The number of rotatable bonds is 12. The maximum atomic E-state index is 12.3. The Balaban J connectivity index is 3.91. The van der Waals surface area contributed by atoms with Crippen LogP contribution in [0.2, 0.25) is 0 Å². The van der Waals surface area contributed by atoms with Gasteiger partial charge in [-0.05, 0) is 31.6 Å². The number of unbranched alkanes of at least 4 members (excludes halogenated alkanes) is 2. The first-order valence-corrected chi connectivity index (χ1v) is 11.0. The summed E-state index contributed by atoms with van der Waals surface area (Å²) in [5, 5.41) is 39.6. The summed E-state index contributed by atoms with van der Waals surface area (Å²) in [6, 6.07) is 0. The second kappa shape index (κ2) is 12.8. The molecule has 0 heterocycles. The summed E-state index contributed by atoms with van der Waals surface area (Å²) in [7, 11) is 0. The minimum Gasteiger partial charge on any atom is -0.478 e. The zero-order valence-electron chi connectivity index (χ0n) is 19.1. The largest absolute Gasteiger partial charge is 0.478 e. The standard InChI is InChI=1S/C23H32O10/c1-4-6-8-13-10-15(20(25)26)19(23(31)32)14(17(9-7-5-2)33-12(3)24)11-16(21(27)28)18(13)22(29)30/h13-14,17H,4-11H2,1-3H3,(H,25,26)(H,27,28)(H,29,30)(H,31,32). The molecule has 3 atom stereocenters. The van der Waals surface area contributed by atoms with Crippen LogP contribution < -0.4 is 0 Å². The Labute approximate surface area is 191 Å². The van der Waals surface area contributed by atoms with Crippen LogP contribution in [0.3, 0.4) is 0 Å². The van der Waals surface area contributed by atoms with Gasteiger partial charge in [0.05, 0.1) is 11.1 Å². The average Bonchev–Trinajstić information content (AvgIpc) is 2.69. The van der Waals surface area contributed by atoms with Gasteiger partial charge < -0.3 is 25.2 Å². The zero-order valence-corrected chi connectivity index (χ0v) is 19.1. The molecule has 184 valence electrons. The number of carbonyl (C=O) groups excluding carboxylic acids is 1. The van der Waals surface area contributed by atoms with E-state index in [1.807, 2.05) is 13.8 Å². The van der Waals surface area contributed by atoms with Crippen LogP contribution in [-0.2, 0) is 28.7 Å². The van der Waals surface area contributed by atoms with Crippen molar-refractivity contribution in [1.29, 1.82) is 0 Å². The summed E-state index contributed by atoms with van der Waals surface area (Å²) in [6.45, 7) is 4.81. The summed E-state index contributed by atoms with van der Waals surface area (Å²) in [4.78, 5) is 60.4. The van der Waals surface area contributed by atoms with Gasteiger partial charge in [-0.1, -0.05) is 39.5 Å². The Morgan fingerprint density at radius 1 is 0.818 bits per heavy atom. The number of hydrogen-bond acceptors (Lipinski definition) is 6. The quantitative estimate of drug-likeness (QED) is 0.311. The van der Waals surface area contributed by atoms with Crippen LogP contribution in [0.4, 0.5) is 0 Å². The monoisotopic (exact) mass is 468 g/mol. The molecule has 0 aromatic heterocycles. The number of ether oxygens (including phenoxy) is 1. The molecule has 0 amide bonds.